The van der Waals surface area contributed by atoms with Gasteiger partial charge in [0, 0.05) is 0 Å². The first kappa shape index (κ1) is 17.5. The van der Waals surface area contributed by atoms with E-state index in [9.17, 15) is 20.1 Å². The van der Waals surface area contributed by atoms with E-state index in [1.165, 1.54) is 18.4 Å². The molecule has 24 heavy (non-hydrogen) atoms. The third-order valence-electron chi connectivity index (χ3n) is 2.94. The number of ketones is 1. The van der Waals surface area contributed by atoms with Crippen molar-refractivity contribution in [2.24, 2.45) is 0 Å². The van der Waals surface area contributed by atoms with E-state index in [0.717, 1.165) is 11.8 Å². The minimum absolute atomic E-state index is 0.0759. The van der Waals surface area contributed by atoms with Gasteiger partial charge in [-0.1, -0.05) is 17.8 Å². The summed E-state index contributed by atoms with van der Waals surface area (Å²) in [6, 6.07) is 7.00. The molecule has 0 radical (unpaired) electrons. The van der Waals surface area contributed by atoms with Gasteiger partial charge in [0.25, 0.3) is 0 Å². The first-order valence-electron chi connectivity index (χ1n) is 6.45. The predicted molar refractivity (Wildman–Crippen MR) is 88.6 cm³/mol. The van der Waals surface area contributed by atoms with Crippen molar-refractivity contribution in [3.05, 3.63) is 39.1 Å². The van der Waals surface area contributed by atoms with Gasteiger partial charge in [-0.3, -0.25) is 9.59 Å². The smallest absolute Gasteiger partial charge is 0.316 e. The number of carbonyl (C=O) groups excluding carboxylic acids is 2. The van der Waals surface area contributed by atoms with Crippen LogP contribution < -0.4 is 5.73 Å². The van der Waals surface area contributed by atoms with E-state index in [2.05, 4.69) is 9.72 Å². The highest BCUT2D eigenvalue weighted by Gasteiger charge is 2.26. The molecule has 0 fully saturated rings. The average molecular weight is 358 g/mol. The molecule has 0 aliphatic heterocycles. The second-order valence-corrected chi connectivity index (χ2v) is 6.23. The van der Waals surface area contributed by atoms with Crippen LogP contribution in [-0.4, -0.2) is 29.6 Å². The van der Waals surface area contributed by atoms with E-state index >= 15 is 0 Å². The molecule has 0 spiro atoms. The number of aromatic nitrogens is 1. The molecule has 0 aliphatic carbocycles. The Morgan fingerprint density at radius 1 is 1.38 bits per heavy atom. The summed E-state index contributed by atoms with van der Waals surface area (Å²) in [5.74, 6) is -1.26. The van der Waals surface area contributed by atoms with Crippen molar-refractivity contribution >= 4 is 40.7 Å². The molecule has 7 nitrogen and oxygen atoms in total. The van der Waals surface area contributed by atoms with Crippen molar-refractivity contribution in [2.75, 3.05) is 18.6 Å². The lowest BCUT2D eigenvalue weighted by molar-refractivity contribution is -0.137. The van der Waals surface area contributed by atoms with E-state index in [1.54, 1.807) is 17.5 Å². The standard InChI is InChI=1S/C15H10N4O3S2/c1-22-11(20)7-24-15-9(6-17)12(8(5-16)14(18)19-15)13(21)10-3-2-4-23-10/h2-4H,7H2,1H3,(H2,18,19). The van der Waals surface area contributed by atoms with E-state index in [0.29, 0.717) is 4.88 Å². The Kier molecular flexibility index (Phi) is 5.53. The number of anilines is 1. The summed E-state index contributed by atoms with van der Waals surface area (Å²) in [6.07, 6.45) is 0. The quantitative estimate of drug-likeness (QED) is 0.488. The maximum absolute atomic E-state index is 12.7. The van der Waals surface area contributed by atoms with Crippen LogP contribution in [0, 0.1) is 22.7 Å². The van der Waals surface area contributed by atoms with Crippen molar-refractivity contribution in [3.63, 3.8) is 0 Å². The van der Waals surface area contributed by atoms with E-state index in [1.807, 2.05) is 12.1 Å². The summed E-state index contributed by atoms with van der Waals surface area (Å²) in [6.45, 7) is 0. The van der Waals surface area contributed by atoms with Crippen LogP contribution in [-0.2, 0) is 9.53 Å². The highest BCUT2D eigenvalue weighted by Crippen LogP contribution is 2.31. The normalized spacial score (nSPS) is 9.79. The van der Waals surface area contributed by atoms with Crippen LogP contribution in [0.4, 0.5) is 5.82 Å². The number of pyridine rings is 1. The maximum atomic E-state index is 12.7. The molecule has 120 valence electrons. The third kappa shape index (κ3) is 3.38. The third-order valence-corrected chi connectivity index (χ3v) is 4.76. The van der Waals surface area contributed by atoms with Crippen molar-refractivity contribution in [1.29, 1.82) is 10.5 Å². The summed E-state index contributed by atoms with van der Waals surface area (Å²) in [7, 11) is 1.24. The number of thioether (sulfide) groups is 1. The average Bonchev–Trinajstić information content (AvgIpc) is 3.12. The van der Waals surface area contributed by atoms with Gasteiger partial charge in [0.15, 0.2) is 0 Å². The zero-order chi connectivity index (χ0) is 17.7. The first-order chi connectivity index (χ1) is 11.5. The molecule has 2 N–H and O–H groups in total. The summed E-state index contributed by atoms with van der Waals surface area (Å²) < 4.78 is 4.54. The molecular weight excluding hydrogens is 348 g/mol. The zero-order valence-electron chi connectivity index (χ0n) is 12.4. The Morgan fingerprint density at radius 2 is 2.08 bits per heavy atom. The Morgan fingerprint density at radius 3 is 2.62 bits per heavy atom. The van der Waals surface area contributed by atoms with Crippen LogP contribution in [0.5, 0.6) is 0 Å². The molecule has 0 bridgehead atoms. The summed E-state index contributed by atoms with van der Waals surface area (Å²) >= 11 is 2.11. The minimum Gasteiger partial charge on any atom is -0.468 e. The van der Waals surface area contributed by atoms with Gasteiger partial charge in [-0.05, 0) is 11.4 Å². The number of esters is 1. The molecule has 9 heteroatoms. The molecule has 0 aliphatic rings. The number of nitrogens with zero attached hydrogens (tertiary/aromatic N) is 3. The SMILES string of the molecule is COC(=O)CSc1nc(N)c(C#N)c(C(=O)c2cccs2)c1C#N. The molecule has 0 saturated heterocycles. The number of hydrogen-bond acceptors (Lipinski definition) is 9. The minimum atomic E-state index is -0.514. The fourth-order valence-corrected chi connectivity index (χ4v) is 3.34. The van der Waals surface area contributed by atoms with Crippen LogP contribution in [0.15, 0.2) is 22.5 Å². The monoisotopic (exact) mass is 358 g/mol. The van der Waals surface area contributed by atoms with Crippen molar-refractivity contribution < 1.29 is 14.3 Å². The molecule has 0 aromatic carbocycles. The summed E-state index contributed by atoms with van der Waals surface area (Å²) in [5.41, 5.74) is 5.45. The van der Waals surface area contributed by atoms with E-state index in [4.69, 9.17) is 5.73 Å². The Hall–Kier alpha value is -2.88. The van der Waals surface area contributed by atoms with Gasteiger partial charge in [-0.2, -0.15) is 10.5 Å². The van der Waals surface area contributed by atoms with Crippen molar-refractivity contribution in [1.82, 2.24) is 4.98 Å². The largest absolute Gasteiger partial charge is 0.468 e. The van der Waals surface area contributed by atoms with Gasteiger partial charge in [0.2, 0.25) is 5.78 Å². The molecule has 2 heterocycles. The Bertz CT molecular complexity index is 880. The molecule has 2 rings (SSSR count). The van der Waals surface area contributed by atoms with Crippen LogP contribution in [0.25, 0.3) is 0 Å². The molecule has 2 aromatic rings. The highest BCUT2D eigenvalue weighted by molar-refractivity contribution is 7.99. The molecule has 0 saturated carbocycles. The molecule has 0 unspecified atom stereocenters. The molecule has 2 aromatic heterocycles. The highest BCUT2D eigenvalue weighted by atomic mass is 32.2. The first-order valence-corrected chi connectivity index (χ1v) is 8.31. The van der Waals surface area contributed by atoms with Crippen LogP contribution in [0.3, 0.4) is 0 Å². The lowest BCUT2D eigenvalue weighted by Crippen LogP contribution is -2.12. The van der Waals surface area contributed by atoms with Gasteiger partial charge >= 0.3 is 5.97 Å². The van der Waals surface area contributed by atoms with Gasteiger partial charge in [0.05, 0.1) is 28.9 Å². The number of nitriles is 2. The lowest BCUT2D eigenvalue weighted by Gasteiger charge is -2.11. The van der Waals surface area contributed by atoms with Gasteiger partial charge in [-0.25, -0.2) is 4.98 Å². The zero-order valence-corrected chi connectivity index (χ0v) is 14.0. The van der Waals surface area contributed by atoms with Crippen LogP contribution in [0.2, 0.25) is 0 Å². The van der Waals surface area contributed by atoms with Gasteiger partial charge in [0.1, 0.15) is 28.5 Å². The van der Waals surface area contributed by atoms with E-state index < -0.39 is 11.8 Å². The van der Waals surface area contributed by atoms with Gasteiger partial charge in [-0.15, -0.1) is 11.3 Å². The molecule has 0 amide bonds. The Balaban J connectivity index is 2.61. The summed E-state index contributed by atoms with van der Waals surface area (Å²) in [4.78, 5) is 28.3. The Labute approximate surface area is 145 Å². The fourth-order valence-electron chi connectivity index (χ4n) is 1.85. The predicted octanol–water partition coefficient (Wildman–Crippen LogP) is 1.96. The topological polar surface area (TPSA) is 130 Å². The van der Waals surface area contributed by atoms with Gasteiger partial charge < -0.3 is 10.5 Å². The number of carbonyl (C=O) groups is 2. The van der Waals surface area contributed by atoms with Crippen LogP contribution in [0.1, 0.15) is 26.4 Å². The number of ether oxygens (including phenoxy) is 1. The van der Waals surface area contributed by atoms with Crippen molar-refractivity contribution in [3.8, 4) is 12.1 Å². The number of methoxy groups -OCH3 is 1. The van der Waals surface area contributed by atoms with E-state index in [-0.39, 0.29) is 33.3 Å². The molecule has 0 atom stereocenters. The number of thiophene rings is 1. The number of hydrogen-bond donors (Lipinski definition) is 1. The lowest BCUT2D eigenvalue weighted by atomic mass is 9.99. The van der Waals surface area contributed by atoms with Crippen molar-refractivity contribution in [2.45, 2.75) is 5.03 Å². The number of rotatable bonds is 5. The second-order valence-electron chi connectivity index (χ2n) is 4.32. The maximum Gasteiger partial charge on any atom is 0.316 e. The summed E-state index contributed by atoms with van der Waals surface area (Å²) in [5, 5.41) is 20.6. The number of nitrogens with two attached hydrogens (primary N) is 1. The molecular formula is C15H10N4O3S2. The van der Waals surface area contributed by atoms with Crippen LogP contribution >= 0.6 is 23.1 Å². The fraction of sp³-hybridized carbons (Fsp3) is 0.133. The second kappa shape index (κ2) is 7.59. The number of nitrogen functional groups attached to an aromatic ring is 1.